The lowest BCUT2D eigenvalue weighted by atomic mass is 10.1. The molecule has 0 aliphatic heterocycles. The number of aliphatic hydroxyl groups is 1. The van der Waals surface area contributed by atoms with E-state index < -0.39 is 12.0 Å². The van der Waals surface area contributed by atoms with Gasteiger partial charge in [0.1, 0.15) is 6.04 Å². The van der Waals surface area contributed by atoms with Gasteiger partial charge in [0.05, 0.1) is 6.10 Å². The summed E-state index contributed by atoms with van der Waals surface area (Å²) in [4.78, 5) is 10.4. The minimum absolute atomic E-state index is 0.203. The first-order chi connectivity index (χ1) is 7.04. The predicted octanol–water partition coefficient (Wildman–Crippen LogP) is 1.51. The zero-order valence-electron chi connectivity index (χ0n) is 9.48. The molecule has 0 aliphatic carbocycles. The predicted molar refractivity (Wildman–Crippen MR) is 59.6 cm³/mol. The number of aliphatic hydroxyl groups excluding tert-OH is 1. The molecule has 4 heteroatoms. The normalized spacial score (nSPS) is 14.9. The van der Waals surface area contributed by atoms with Crippen molar-refractivity contribution in [2.45, 2.75) is 64.0 Å². The molecule has 0 aliphatic rings. The van der Waals surface area contributed by atoms with E-state index in [1.165, 1.54) is 0 Å². The summed E-state index contributed by atoms with van der Waals surface area (Å²) in [5.74, 6) is -0.913. The van der Waals surface area contributed by atoms with Crippen LogP contribution >= 0.6 is 0 Å². The van der Waals surface area contributed by atoms with E-state index >= 15 is 0 Å². The minimum Gasteiger partial charge on any atom is -0.480 e. The average Bonchev–Trinajstić information content (AvgIpc) is 2.15. The van der Waals surface area contributed by atoms with Crippen molar-refractivity contribution < 1.29 is 15.0 Å². The highest BCUT2D eigenvalue weighted by molar-refractivity contribution is 5.72. The maximum absolute atomic E-state index is 10.4. The molecule has 0 amide bonds. The van der Waals surface area contributed by atoms with E-state index in [1.807, 2.05) is 0 Å². The van der Waals surface area contributed by atoms with Gasteiger partial charge in [-0.2, -0.15) is 0 Å². The van der Waals surface area contributed by atoms with Crippen molar-refractivity contribution in [3.05, 3.63) is 0 Å². The standard InChI is InChI=1S/C11H23NO3/c1-9(13)7-5-3-2-4-6-8-10(12)11(14)15/h9-10,13H,2-8,12H2,1H3,(H,14,15). The summed E-state index contributed by atoms with van der Waals surface area (Å²) in [6.07, 6.45) is 6.36. The molecule has 2 unspecified atom stereocenters. The second-order valence-corrected chi connectivity index (χ2v) is 4.14. The van der Waals surface area contributed by atoms with Crippen molar-refractivity contribution >= 4 is 5.97 Å². The fourth-order valence-corrected chi connectivity index (χ4v) is 1.46. The molecular formula is C11H23NO3. The Morgan fingerprint density at radius 2 is 1.60 bits per heavy atom. The number of carboxylic acid groups (broad SMARTS) is 1. The Labute approximate surface area is 91.5 Å². The van der Waals surface area contributed by atoms with Gasteiger partial charge in [-0.05, 0) is 19.8 Å². The molecular weight excluding hydrogens is 194 g/mol. The molecule has 0 heterocycles. The molecule has 90 valence electrons. The van der Waals surface area contributed by atoms with Gasteiger partial charge in [-0.1, -0.05) is 32.1 Å². The van der Waals surface area contributed by atoms with Crippen LogP contribution in [-0.4, -0.2) is 28.3 Å². The molecule has 4 N–H and O–H groups in total. The van der Waals surface area contributed by atoms with E-state index in [1.54, 1.807) is 6.92 Å². The van der Waals surface area contributed by atoms with Crippen LogP contribution in [0, 0.1) is 0 Å². The van der Waals surface area contributed by atoms with Crippen molar-refractivity contribution in [2.24, 2.45) is 5.73 Å². The lowest BCUT2D eigenvalue weighted by Crippen LogP contribution is -2.29. The molecule has 0 bridgehead atoms. The number of carboxylic acids is 1. The van der Waals surface area contributed by atoms with Gasteiger partial charge >= 0.3 is 5.97 Å². The van der Waals surface area contributed by atoms with Gasteiger partial charge in [-0.25, -0.2) is 0 Å². The number of carbonyl (C=O) groups is 1. The van der Waals surface area contributed by atoms with E-state index in [0.29, 0.717) is 6.42 Å². The van der Waals surface area contributed by atoms with Crippen LogP contribution in [0.1, 0.15) is 51.9 Å². The highest BCUT2D eigenvalue weighted by Gasteiger charge is 2.09. The van der Waals surface area contributed by atoms with Crippen LogP contribution in [0.4, 0.5) is 0 Å². The van der Waals surface area contributed by atoms with Crippen LogP contribution in [-0.2, 0) is 4.79 Å². The van der Waals surface area contributed by atoms with Crippen molar-refractivity contribution in [3.8, 4) is 0 Å². The van der Waals surface area contributed by atoms with Crippen molar-refractivity contribution in [1.29, 1.82) is 0 Å². The number of unbranched alkanes of at least 4 members (excludes halogenated alkanes) is 4. The van der Waals surface area contributed by atoms with Gasteiger partial charge < -0.3 is 15.9 Å². The summed E-state index contributed by atoms with van der Waals surface area (Å²) >= 11 is 0. The highest BCUT2D eigenvalue weighted by Crippen LogP contribution is 2.09. The lowest BCUT2D eigenvalue weighted by Gasteiger charge is -2.06. The van der Waals surface area contributed by atoms with Crippen LogP contribution in [0.15, 0.2) is 0 Å². The third kappa shape index (κ3) is 9.69. The first-order valence-electron chi connectivity index (χ1n) is 5.70. The van der Waals surface area contributed by atoms with E-state index in [9.17, 15) is 4.79 Å². The van der Waals surface area contributed by atoms with Crippen LogP contribution in [0.25, 0.3) is 0 Å². The summed E-state index contributed by atoms with van der Waals surface area (Å²) in [6.45, 7) is 1.80. The van der Waals surface area contributed by atoms with E-state index in [-0.39, 0.29) is 6.10 Å². The lowest BCUT2D eigenvalue weighted by molar-refractivity contribution is -0.138. The molecule has 0 aromatic rings. The third-order valence-electron chi connectivity index (χ3n) is 2.45. The number of nitrogens with two attached hydrogens (primary N) is 1. The average molecular weight is 217 g/mol. The maximum Gasteiger partial charge on any atom is 0.320 e. The molecule has 2 atom stereocenters. The van der Waals surface area contributed by atoms with Gasteiger partial charge in [-0.3, -0.25) is 4.79 Å². The molecule has 0 radical (unpaired) electrons. The Kier molecular flexibility index (Phi) is 8.33. The minimum atomic E-state index is -0.913. The Morgan fingerprint density at radius 3 is 2.07 bits per heavy atom. The summed E-state index contributed by atoms with van der Waals surface area (Å²) in [6, 6.07) is -0.706. The van der Waals surface area contributed by atoms with E-state index in [2.05, 4.69) is 0 Å². The Hall–Kier alpha value is -0.610. The zero-order valence-corrected chi connectivity index (χ0v) is 9.48. The van der Waals surface area contributed by atoms with Crippen LogP contribution in [0.2, 0.25) is 0 Å². The number of rotatable bonds is 9. The molecule has 0 aromatic carbocycles. The molecule has 4 nitrogen and oxygen atoms in total. The van der Waals surface area contributed by atoms with E-state index in [4.69, 9.17) is 15.9 Å². The van der Waals surface area contributed by atoms with Crippen molar-refractivity contribution in [1.82, 2.24) is 0 Å². The fourth-order valence-electron chi connectivity index (χ4n) is 1.46. The first-order valence-corrected chi connectivity index (χ1v) is 5.70. The van der Waals surface area contributed by atoms with Gasteiger partial charge in [0.2, 0.25) is 0 Å². The molecule has 0 rings (SSSR count). The second kappa shape index (κ2) is 8.68. The zero-order chi connectivity index (χ0) is 11.7. The van der Waals surface area contributed by atoms with Gasteiger partial charge in [0, 0.05) is 0 Å². The van der Waals surface area contributed by atoms with Gasteiger partial charge in [-0.15, -0.1) is 0 Å². The van der Waals surface area contributed by atoms with Crippen LogP contribution in [0.3, 0.4) is 0 Å². The smallest absolute Gasteiger partial charge is 0.320 e. The van der Waals surface area contributed by atoms with Gasteiger partial charge in [0.25, 0.3) is 0 Å². The Balaban J connectivity index is 3.15. The van der Waals surface area contributed by atoms with E-state index in [0.717, 1.165) is 38.5 Å². The molecule has 15 heavy (non-hydrogen) atoms. The monoisotopic (exact) mass is 217 g/mol. The largest absolute Gasteiger partial charge is 0.480 e. The number of aliphatic carboxylic acids is 1. The summed E-state index contributed by atoms with van der Waals surface area (Å²) in [5.41, 5.74) is 5.36. The molecule has 0 aromatic heterocycles. The second-order valence-electron chi connectivity index (χ2n) is 4.14. The SMILES string of the molecule is CC(O)CCCCCCCC(N)C(=O)O. The number of hydrogen-bond donors (Lipinski definition) is 3. The summed E-state index contributed by atoms with van der Waals surface area (Å²) < 4.78 is 0. The van der Waals surface area contributed by atoms with Crippen molar-refractivity contribution in [3.63, 3.8) is 0 Å². The van der Waals surface area contributed by atoms with Crippen LogP contribution in [0.5, 0.6) is 0 Å². The Bertz CT molecular complexity index is 171. The summed E-state index contributed by atoms with van der Waals surface area (Å²) in [5, 5.41) is 17.5. The molecule has 0 saturated heterocycles. The highest BCUT2D eigenvalue weighted by atomic mass is 16.4. The van der Waals surface area contributed by atoms with Crippen LogP contribution < -0.4 is 5.73 Å². The first kappa shape index (κ1) is 14.4. The number of hydrogen-bond acceptors (Lipinski definition) is 3. The Morgan fingerprint density at radius 1 is 1.13 bits per heavy atom. The van der Waals surface area contributed by atoms with Gasteiger partial charge in [0.15, 0.2) is 0 Å². The fraction of sp³-hybridized carbons (Fsp3) is 0.909. The molecule has 0 spiro atoms. The third-order valence-corrected chi connectivity index (χ3v) is 2.45. The molecule has 0 fully saturated rings. The topological polar surface area (TPSA) is 83.5 Å². The quantitative estimate of drug-likeness (QED) is 0.511. The van der Waals surface area contributed by atoms with Crippen molar-refractivity contribution in [2.75, 3.05) is 0 Å². The molecule has 0 saturated carbocycles. The maximum atomic E-state index is 10.4. The summed E-state index contributed by atoms with van der Waals surface area (Å²) in [7, 11) is 0.